The number of aryl methyl sites for hydroxylation is 1. The maximum absolute atomic E-state index is 13.0. The first-order chi connectivity index (χ1) is 13.5. The summed E-state index contributed by atoms with van der Waals surface area (Å²) >= 11 is 0. The molecule has 3 aliphatic carbocycles. The van der Waals surface area contributed by atoms with Crippen LogP contribution in [0.2, 0.25) is 0 Å². The molecule has 1 atom stereocenters. The van der Waals surface area contributed by atoms with E-state index in [1.54, 1.807) is 0 Å². The van der Waals surface area contributed by atoms with Gasteiger partial charge in [-0.25, -0.2) is 9.37 Å². The Morgan fingerprint density at radius 2 is 1.72 bits per heavy atom. The number of hydrogen-bond donors (Lipinski definition) is 2. The van der Waals surface area contributed by atoms with Crippen molar-refractivity contribution in [3.8, 4) is 0 Å². The van der Waals surface area contributed by atoms with Gasteiger partial charge in [0.15, 0.2) is 0 Å². The van der Waals surface area contributed by atoms with Gasteiger partial charge in [-0.2, -0.15) is 13.2 Å². The third kappa shape index (κ3) is 3.45. The molecule has 1 amide bonds. The van der Waals surface area contributed by atoms with Gasteiger partial charge in [-0.1, -0.05) is 6.92 Å². The number of anilines is 2. The lowest BCUT2D eigenvalue weighted by molar-refractivity contribution is -0.166. The topological polar surface area (TPSA) is 54.0 Å². The molecule has 2 aromatic rings. The van der Waals surface area contributed by atoms with Crippen molar-refractivity contribution in [2.75, 3.05) is 10.6 Å². The maximum Gasteiger partial charge on any atom is 0.418 e. The van der Waals surface area contributed by atoms with Gasteiger partial charge in [0.2, 0.25) is 5.91 Å². The summed E-state index contributed by atoms with van der Waals surface area (Å²) in [4.78, 5) is 16.6. The van der Waals surface area contributed by atoms with E-state index in [0.717, 1.165) is 25.3 Å². The normalized spacial score (nSPS) is 26.1. The number of halogens is 4. The number of pyridine rings is 1. The van der Waals surface area contributed by atoms with Crippen molar-refractivity contribution in [3.05, 3.63) is 53.5 Å². The standard InChI is InChI=1S/C21H21F4N3O/c1-12(18(29)27-15-5-3-14(22)4-6-15)19-9-20(10-19,11-19)28-17-8-7-16(13(2)26-17)21(23,24)25/h3-8,12H,9-11H2,1-2H3,(H,26,28)(H,27,29). The molecule has 1 unspecified atom stereocenters. The monoisotopic (exact) mass is 407 g/mol. The molecule has 2 N–H and O–H groups in total. The van der Waals surface area contributed by atoms with E-state index in [9.17, 15) is 22.4 Å². The van der Waals surface area contributed by atoms with Gasteiger partial charge in [-0.05, 0) is 68.0 Å². The summed E-state index contributed by atoms with van der Waals surface area (Å²) in [5, 5.41) is 6.08. The average molecular weight is 407 g/mol. The molecule has 1 heterocycles. The fourth-order valence-corrected chi connectivity index (χ4v) is 4.72. The Kier molecular flexibility index (Phi) is 4.36. The second kappa shape index (κ2) is 6.43. The van der Waals surface area contributed by atoms with E-state index < -0.39 is 11.7 Å². The van der Waals surface area contributed by atoms with Crippen molar-refractivity contribution in [3.63, 3.8) is 0 Å². The third-order valence-corrected chi connectivity index (χ3v) is 6.28. The van der Waals surface area contributed by atoms with Gasteiger partial charge in [-0.15, -0.1) is 0 Å². The van der Waals surface area contributed by atoms with Gasteiger partial charge < -0.3 is 10.6 Å². The number of carbonyl (C=O) groups is 1. The molecule has 8 heteroatoms. The summed E-state index contributed by atoms with van der Waals surface area (Å²) in [5.41, 5.74) is -0.562. The van der Waals surface area contributed by atoms with E-state index in [1.807, 2.05) is 6.92 Å². The van der Waals surface area contributed by atoms with Gasteiger partial charge in [0.05, 0.1) is 11.3 Å². The predicted octanol–water partition coefficient (Wildman–Crippen LogP) is 5.16. The Labute approximate surface area is 165 Å². The molecule has 3 aliphatic rings. The molecule has 3 saturated carbocycles. The molecule has 1 aromatic carbocycles. The molecule has 2 bridgehead atoms. The van der Waals surface area contributed by atoms with E-state index in [4.69, 9.17) is 0 Å². The largest absolute Gasteiger partial charge is 0.418 e. The van der Waals surface area contributed by atoms with Crippen LogP contribution in [0.5, 0.6) is 0 Å². The number of nitrogens with one attached hydrogen (secondary N) is 2. The summed E-state index contributed by atoms with van der Waals surface area (Å²) in [7, 11) is 0. The highest BCUT2D eigenvalue weighted by molar-refractivity contribution is 5.93. The lowest BCUT2D eigenvalue weighted by atomic mass is 9.36. The molecule has 1 aromatic heterocycles. The SMILES string of the molecule is Cc1nc(NC23CC(C(C)C(=O)Nc4ccc(F)cc4)(C2)C3)ccc1C(F)(F)F. The highest BCUT2D eigenvalue weighted by Crippen LogP contribution is 2.71. The zero-order valence-electron chi connectivity index (χ0n) is 16.0. The molecule has 3 fully saturated rings. The number of alkyl halides is 3. The van der Waals surface area contributed by atoms with E-state index in [1.165, 1.54) is 37.3 Å². The van der Waals surface area contributed by atoms with Gasteiger partial charge in [0.1, 0.15) is 11.6 Å². The van der Waals surface area contributed by atoms with E-state index >= 15 is 0 Å². The summed E-state index contributed by atoms with van der Waals surface area (Å²) in [5.74, 6) is -0.283. The number of hydrogen-bond acceptors (Lipinski definition) is 3. The minimum Gasteiger partial charge on any atom is -0.365 e. The Morgan fingerprint density at radius 1 is 1.10 bits per heavy atom. The zero-order valence-corrected chi connectivity index (χ0v) is 16.0. The van der Waals surface area contributed by atoms with Gasteiger partial charge in [0.25, 0.3) is 0 Å². The van der Waals surface area contributed by atoms with Crippen LogP contribution in [0.1, 0.15) is 37.4 Å². The molecule has 5 rings (SSSR count). The number of carbonyl (C=O) groups excluding carboxylic acids is 1. The second-order valence-corrected chi connectivity index (χ2v) is 8.34. The second-order valence-electron chi connectivity index (χ2n) is 8.34. The first kappa shape index (κ1) is 19.7. The summed E-state index contributed by atoms with van der Waals surface area (Å²) in [6, 6.07) is 8.02. The molecule has 0 saturated heterocycles. The highest BCUT2D eigenvalue weighted by atomic mass is 19.4. The van der Waals surface area contributed by atoms with E-state index in [0.29, 0.717) is 11.5 Å². The predicted molar refractivity (Wildman–Crippen MR) is 101 cm³/mol. The van der Waals surface area contributed by atoms with E-state index in [2.05, 4.69) is 15.6 Å². The molecular weight excluding hydrogens is 386 g/mol. The van der Waals surface area contributed by atoms with Crippen LogP contribution in [0.25, 0.3) is 0 Å². The Hall–Kier alpha value is -2.64. The molecule has 4 nitrogen and oxygen atoms in total. The number of aromatic nitrogens is 1. The van der Waals surface area contributed by atoms with E-state index in [-0.39, 0.29) is 34.3 Å². The van der Waals surface area contributed by atoms with Gasteiger partial charge >= 0.3 is 6.18 Å². The highest BCUT2D eigenvalue weighted by Gasteiger charge is 2.70. The zero-order chi connectivity index (χ0) is 21.0. The van der Waals surface area contributed by atoms with Crippen molar-refractivity contribution >= 4 is 17.4 Å². The van der Waals surface area contributed by atoms with Gasteiger partial charge in [0, 0.05) is 17.1 Å². The minimum atomic E-state index is -4.41. The summed E-state index contributed by atoms with van der Waals surface area (Å²) in [6.45, 7) is 3.22. The average Bonchev–Trinajstić information content (AvgIpc) is 2.57. The molecule has 0 spiro atoms. The smallest absolute Gasteiger partial charge is 0.365 e. The molecule has 0 aliphatic heterocycles. The van der Waals surface area contributed by atoms with Crippen LogP contribution in [0.15, 0.2) is 36.4 Å². The number of benzene rings is 1. The fourth-order valence-electron chi connectivity index (χ4n) is 4.72. The number of nitrogens with zero attached hydrogens (tertiary/aromatic N) is 1. The van der Waals surface area contributed by atoms with Crippen molar-refractivity contribution in [2.45, 2.75) is 44.8 Å². The quantitative estimate of drug-likeness (QED) is 0.674. The molecule has 29 heavy (non-hydrogen) atoms. The Morgan fingerprint density at radius 3 is 2.28 bits per heavy atom. The van der Waals surface area contributed by atoms with Crippen LogP contribution in [0, 0.1) is 24.1 Å². The maximum atomic E-state index is 13.0. The van der Waals surface area contributed by atoms with Crippen LogP contribution in [-0.2, 0) is 11.0 Å². The molecular formula is C21H21F4N3O. The summed E-state index contributed by atoms with van der Waals surface area (Å²) < 4.78 is 51.6. The number of rotatable bonds is 5. The fraction of sp³-hybridized carbons (Fsp3) is 0.429. The lowest BCUT2D eigenvalue weighted by Gasteiger charge is -2.72. The minimum absolute atomic E-state index is 0.0594. The van der Waals surface area contributed by atoms with Crippen LogP contribution in [0.3, 0.4) is 0 Å². The van der Waals surface area contributed by atoms with Crippen LogP contribution >= 0.6 is 0 Å². The molecule has 154 valence electrons. The van der Waals surface area contributed by atoms with Gasteiger partial charge in [-0.3, -0.25) is 4.79 Å². The Bertz CT molecular complexity index is 936. The number of amides is 1. The van der Waals surface area contributed by atoms with Crippen LogP contribution in [-0.4, -0.2) is 16.4 Å². The lowest BCUT2D eigenvalue weighted by Crippen LogP contribution is -2.74. The van der Waals surface area contributed by atoms with Crippen molar-refractivity contribution in [2.24, 2.45) is 11.3 Å². The van der Waals surface area contributed by atoms with Crippen LogP contribution < -0.4 is 10.6 Å². The van der Waals surface area contributed by atoms with Crippen molar-refractivity contribution < 1.29 is 22.4 Å². The Balaban J connectivity index is 1.36. The summed E-state index contributed by atoms with van der Waals surface area (Å²) in [6.07, 6.45) is -2.12. The first-order valence-electron chi connectivity index (χ1n) is 9.42. The van der Waals surface area contributed by atoms with Crippen molar-refractivity contribution in [1.29, 1.82) is 0 Å². The molecule has 0 radical (unpaired) electrons. The third-order valence-electron chi connectivity index (χ3n) is 6.28. The van der Waals surface area contributed by atoms with Crippen molar-refractivity contribution in [1.82, 2.24) is 4.98 Å². The first-order valence-corrected chi connectivity index (χ1v) is 9.42. The van der Waals surface area contributed by atoms with Crippen LogP contribution in [0.4, 0.5) is 29.1 Å².